The first kappa shape index (κ1) is 13.4. The van der Waals surface area contributed by atoms with Crippen molar-refractivity contribution < 1.29 is 9.53 Å². The van der Waals surface area contributed by atoms with Crippen LogP contribution in [0.4, 0.5) is 0 Å². The number of carbonyl (C=O) groups is 1. The van der Waals surface area contributed by atoms with Crippen LogP contribution in [0.25, 0.3) is 0 Å². The van der Waals surface area contributed by atoms with Gasteiger partial charge in [0.15, 0.2) is 0 Å². The first-order valence-corrected chi connectivity index (χ1v) is 5.52. The number of likely N-dealkylation sites (N-methyl/N-ethyl adjacent to an activating group) is 1. The summed E-state index contributed by atoms with van der Waals surface area (Å²) in [6.45, 7) is 8.64. The van der Waals surface area contributed by atoms with Gasteiger partial charge in [-0.2, -0.15) is 0 Å². The number of carbonyl (C=O) groups excluding carboxylic acids is 1. The summed E-state index contributed by atoms with van der Waals surface area (Å²) < 4.78 is 5.18. The summed E-state index contributed by atoms with van der Waals surface area (Å²) in [4.78, 5) is 12.5. The third-order valence-corrected chi connectivity index (χ3v) is 2.51. The minimum absolute atomic E-state index is 0.175. The molecule has 0 aromatic heterocycles. The van der Waals surface area contributed by atoms with Gasteiger partial charge >= 0.3 is 0 Å². The van der Waals surface area contributed by atoms with Crippen LogP contribution in [0, 0.1) is 0 Å². The molecule has 1 atom stereocenters. The molecule has 3 nitrogen and oxygen atoms in total. The second kappa shape index (κ2) is 6.82. The van der Waals surface area contributed by atoms with Crippen LogP contribution in [-0.4, -0.2) is 37.1 Å². The van der Waals surface area contributed by atoms with Crippen LogP contribution in [0.1, 0.15) is 40.0 Å². The number of likely N-dealkylation sites (tertiary alicyclic amines) is 1. The van der Waals surface area contributed by atoms with Crippen LogP contribution < -0.4 is 0 Å². The molecule has 1 rings (SSSR count). The summed E-state index contributed by atoms with van der Waals surface area (Å²) >= 11 is 0. The van der Waals surface area contributed by atoms with Gasteiger partial charge in [-0.05, 0) is 13.5 Å². The fourth-order valence-electron chi connectivity index (χ4n) is 1.96. The molecule has 0 bridgehead atoms. The maximum atomic E-state index is 10.3. The minimum atomic E-state index is -0.175. The van der Waals surface area contributed by atoms with Gasteiger partial charge in [0.2, 0.25) is 0 Å². The molecule has 0 spiro atoms. The molecule has 1 fully saturated rings. The van der Waals surface area contributed by atoms with E-state index in [-0.39, 0.29) is 5.60 Å². The quantitative estimate of drug-likeness (QED) is 0.652. The monoisotopic (exact) mass is 201 g/mol. The van der Waals surface area contributed by atoms with Crippen molar-refractivity contribution in [2.45, 2.75) is 45.6 Å². The molecular weight excluding hydrogens is 178 g/mol. The summed E-state index contributed by atoms with van der Waals surface area (Å²) in [5.74, 6) is 0. The molecule has 0 aliphatic carbocycles. The molecule has 1 saturated heterocycles. The first-order chi connectivity index (χ1) is 6.72. The minimum Gasteiger partial charge on any atom is -0.460 e. The molecule has 1 aliphatic rings. The Bertz CT molecular complexity index is 157. The number of hydrogen-bond donors (Lipinski definition) is 0. The Morgan fingerprint density at radius 3 is 2.50 bits per heavy atom. The smallest absolute Gasteiger partial charge is 0.293 e. The average Bonchev–Trinajstić information content (AvgIpc) is 2.52. The predicted molar refractivity (Wildman–Crippen MR) is 58.3 cm³/mol. The Morgan fingerprint density at radius 2 is 2.14 bits per heavy atom. The fraction of sp³-hybridized carbons (Fsp3) is 0.909. The van der Waals surface area contributed by atoms with E-state index in [9.17, 15) is 4.79 Å². The van der Waals surface area contributed by atoms with Crippen LogP contribution in [0.2, 0.25) is 0 Å². The van der Waals surface area contributed by atoms with E-state index in [1.807, 2.05) is 13.8 Å². The van der Waals surface area contributed by atoms with Gasteiger partial charge in [-0.15, -0.1) is 0 Å². The highest BCUT2D eigenvalue weighted by atomic mass is 16.5. The second-order valence-electron chi connectivity index (χ2n) is 3.63. The summed E-state index contributed by atoms with van der Waals surface area (Å²) in [6.07, 6.45) is 3.04. The topological polar surface area (TPSA) is 29.5 Å². The fourth-order valence-corrected chi connectivity index (χ4v) is 1.96. The number of hydrogen-bond acceptors (Lipinski definition) is 3. The summed E-state index contributed by atoms with van der Waals surface area (Å²) in [5.41, 5.74) is -0.175. The summed E-state index contributed by atoms with van der Waals surface area (Å²) in [6, 6.07) is 0. The molecule has 0 saturated carbocycles. The zero-order valence-electron chi connectivity index (χ0n) is 9.88. The van der Waals surface area contributed by atoms with Gasteiger partial charge in [-0.1, -0.05) is 27.2 Å². The van der Waals surface area contributed by atoms with Gasteiger partial charge in [0.1, 0.15) is 5.60 Å². The van der Waals surface area contributed by atoms with E-state index in [0.29, 0.717) is 6.47 Å². The molecule has 1 heterocycles. The van der Waals surface area contributed by atoms with Gasteiger partial charge in [0.05, 0.1) is 0 Å². The normalized spacial score (nSPS) is 26.6. The lowest BCUT2D eigenvalue weighted by atomic mass is 9.97. The molecule has 0 radical (unpaired) electrons. The Morgan fingerprint density at radius 1 is 1.50 bits per heavy atom. The predicted octanol–water partition coefficient (Wildman–Crippen LogP) is 2.06. The lowest BCUT2D eigenvalue weighted by Gasteiger charge is -2.26. The molecular formula is C11H23NO2. The highest BCUT2D eigenvalue weighted by molar-refractivity contribution is 5.38. The van der Waals surface area contributed by atoms with Gasteiger partial charge in [-0.3, -0.25) is 4.79 Å². The van der Waals surface area contributed by atoms with E-state index < -0.39 is 0 Å². The number of ether oxygens (including phenoxy) is 1. The molecule has 84 valence electrons. The second-order valence-corrected chi connectivity index (χ2v) is 3.63. The van der Waals surface area contributed by atoms with Crippen molar-refractivity contribution in [3.63, 3.8) is 0 Å². The third-order valence-electron chi connectivity index (χ3n) is 2.51. The standard InChI is InChI=1S/C9H17NO2.C2H6/c1-3-4-9(12-8-11)5-6-10(2)7-9;1-2/h8H,3-7H2,1-2H3;1-2H3. The summed E-state index contributed by atoms with van der Waals surface area (Å²) in [5, 5.41) is 0. The van der Waals surface area contributed by atoms with Crippen molar-refractivity contribution in [1.29, 1.82) is 0 Å². The van der Waals surface area contributed by atoms with E-state index in [1.165, 1.54) is 0 Å². The average molecular weight is 201 g/mol. The molecule has 0 aromatic rings. The Labute approximate surface area is 87.4 Å². The third kappa shape index (κ3) is 3.66. The zero-order valence-corrected chi connectivity index (χ0v) is 9.88. The number of nitrogens with zero attached hydrogens (tertiary/aromatic N) is 1. The van der Waals surface area contributed by atoms with Crippen LogP contribution in [-0.2, 0) is 9.53 Å². The molecule has 1 aliphatic heterocycles. The van der Waals surface area contributed by atoms with Gasteiger partial charge in [0.25, 0.3) is 6.47 Å². The van der Waals surface area contributed by atoms with Gasteiger partial charge < -0.3 is 9.64 Å². The molecule has 1 unspecified atom stereocenters. The first-order valence-electron chi connectivity index (χ1n) is 5.52. The van der Waals surface area contributed by atoms with Crippen LogP contribution in [0.3, 0.4) is 0 Å². The Kier molecular flexibility index (Phi) is 6.54. The van der Waals surface area contributed by atoms with Crippen molar-refractivity contribution >= 4 is 6.47 Å². The highest BCUT2D eigenvalue weighted by Crippen LogP contribution is 2.28. The van der Waals surface area contributed by atoms with Crippen molar-refractivity contribution in [3.8, 4) is 0 Å². The molecule has 14 heavy (non-hydrogen) atoms. The van der Waals surface area contributed by atoms with Crippen molar-refractivity contribution in [2.75, 3.05) is 20.1 Å². The van der Waals surface area contributed by atoms with Crippen molar-refractivity contribution in [1.82, 2.24) is 4.90 Å². The SMILES string of the molecule is CC.CCCC1(OC=O)CCN(C)C1. The van der Waals surface area contributed by atoms with Gasteiger partial charge in [-0.25, -0.2) is 0 Å². The molecule has 0 amide bonds. The molecule has 0 aromatic carbocycles. The summed E-state index contributed by atoms with van der Waals surface area (Å²) in [7, 11) is 2.06. The lowest BCUT2D eigenvalue weighted by molar-refractivity contribution is -0.143. The zero-order chi connectivity index (χ0) is 11.0. The largest absolute Gasteiger partial charge is 0.460 e. The van der Waals surface area contributed by atoms with Crippen LogP contribution in [0.15, 0.2) is 0 Å². The van der Waals surface area contributed by atoms with Gasteiger partial charge in [0, 0.05) is 19.5 Å². The van der Waals surface area contributed by atoms with E-state index in [1.54, 1.807) is 0 Å². The Hall–Kier alpha value is -0.570. The van der Waals surface area contributed by atoms with E-state index in [2.05, 4.69) is 18.9 Å². The Balaban J connectivity index is 0.000000791. The maximum absolute atomic E-state index is 10.3. The highest BCUT2D eigenvalue weighted by Gasteiger charge is 2.37. The van der Waals surface area contributed by atoms with E-state index >= 15 is 0 Å². The number of rotatable bonds is 4. The van der Waals surface area contributed by atoms with Crippen LogP contribution in [0.5, 0.6) is 0 Å². The van der Waals surface area contributed by atoms with E-state index in [0.717, 1.165) is 32.4 Å². The maximum Gasteiger partial charge on any atom is 0.293 e. The lowest BCUT2D eigenvalue weighted by Crippen LogP contribution is -2.35. The van der Waals surface area contributed by atoms with E-state index in [4.69, 9.17) is 4.74 Å². The van der Waals surface area contributed by atoms with Crippen LogP contribution >= 0.6 is 0 Å². The molecule has 3 heteroatoms. The molecule has 0 N–H and O–H groups in total. The van der Waals surface area contributed by atoms with Crippen molar-refractivity contribution in [2.24, 2.45) is 0 Å². The van der Waals surface area contributed by atoms with Crippen molar-refractivity contribution in [3.05, 3.63) is 0 Å².